The van der Waals surface area contributed by atoms with Crippen LogP contribution in [-0.2, 0) is 44.7 Å². The maximum absolute atomic E-state index is 13.9. The molecule has 9 N–H and O–H groups in total. The summed E-state index contributed by atoms with van der Waals surface area (Å²) in [6.45, 7) is 2.73. The molecule has 0 radical (unpaired) electrons. The van der Waals surface area contributed by atoms with Gasteiger partial charge in [-0.3, -0.25) is 73.2 Å². The fourth-order valence-corrected chi connectivity index (χ4v) is 12.1. The van der Waals surface area contributed by atoms with Gasteiger partial charge < -0.3 is 60.8 Å². The summed E-state index contributed by atoms with van der Waals surface area (Å²) in [6.07, 6.45) is 2.29. The number of nitrogens with zero attached hydrogens (tertiary/aromatic N) is 9. The lowest BCUT2D eigenvalue weighted by atomic mass is 10.1. The number of hydrogen-bond acceptors (Lipinski definition) is 21. The number of carbonyl (C=O) groups excluding carboxylic acids is 5. The molecule has 0 spiro atoms. The van der Waals surface area contributed by atoms with Gasteiger partial charge in [-0.2, -0.15) is 17.0 Å². The number of alkyl halides is 2. The Hall–Kier alpha value is -6.52. The zero-order valence-electron chi connectivity index (χ0n) is 52.7. The third-order valence-electron chi connectivity index (χ3n) is 16.1. The standard InChI is InChI=1S/C62H88F2IN13O15S/c63-62(64)35-46(36-66)78(43-62)55(82)37-70-59(89)48-12-14-67-50-11-10-47(34-49(48)50)93-30-2-1-17-72-26-28-77(29-27-72)61(91)52(79)42-94-33-16-69-60(90)51(13-31-92-32-15-68-53(80)5-3-4-44-6-8-45(65)9-7-44)71-54(81)38-73-18-20-74(39-56(83)84)22-24-76(41-58(87)88)25-23-75(21-19-73)40-57(85)86/h6-12,14,34,46,51-53,68,79-80H,1-5,13,15-33,35,37-43H2,(H,69,90)(H,70,89)(H,71,81)(H,83,84)(H,85,86)(H,87,88)/t46-,51?,52?,53?/m1/s1. The molecule has 0 bridgehead atoms. The van der Waals surface area contributed by atoms with Crippen molar-refractivity contribution < 1.29 is 82.1 Å². The smallest absolute Gasteiger partial charge is 0.317 e. The molecule has 28 nitrogen and oxygen atoms in total. The summed E-state index contributed by atoms with van der Waals surface area (Å²) in [7, 11) is 0. The largest absolute Gasteiger partial charge is 0.494 e. The maximum atomic E-state index is 13.9. The summed E-state index contributed by atoms with van der Waals surface area (Å²) < 4.78 is 40.8. The van der Waals surface area contributed by atoms with Crippen LogP contribution in [0.5, 0.6) is 5.75 Å². The zero-order chi connectivity index (χ0) is 68.0. The lowest BCUT2D eigenvalue weighted by Gasteiger charge is -2.35. The van der Waals surface area contributed by atoms with Gasteiger partial charge in [0.1, 0.15) is 30.2 Å². The predicted octanol–water partition coefficient (Wildman–Crippen LogP) is 0.140. The van der Waals surface area contributed by atoms with Gasteiger partial charge >= 0.3 is 17.9 Å². The van der Waals surface area contributed by atoms with E-state index >= 15 is 0 Å². The molecule has 3 aliphatic heterocycles. The number of rotatable bonds is 36. The number of carboxylic acid groups (broad SMARTS) is 3. The van der Waals surface area contributed by atoms with Crippen LogP contribution < -0.4 is 26.0 Å². The molecule has 0 saturated carbocycles. The van der Waals surface area contributed by atoms with E-state index in [1.807, 2.05) is 12.1 Å². The van der Waals surface area contributed by atoms with Crippen LogP contribution in [0.1, 0.15) is 54.4 Å². The van der Waals surface area contributed by atoms with Crippen molar-refractivity contribution in [2.75, 3.05) is 169 Å². The summed E-state index contributed by atoms with van der Waals surface area (Å²) in [5, 5.41) is 71.2. The minimum absolute atomic E-state index is 0.0602. The maximum Gasteiger partial charge on any atom is 0.317 e. The van der Waals surface area contributed by atoms with Gasteiger partial charge in [0, 0.05) is 131 Å². The number of nitrogens with one attached hydrogen (secondary N) is 4. The highest BCUT2D eigenvalue weighted by atomic mass is 127. The van der Waals surface area contributed by atoms with Crippen molar-refractivity contribution in [3.05, 3.63) is 69.4 Å². The van der Waals surface area contributed by atoms with E-state index in [0.29, 0.717) is 74.6 Å². The van der Waals surface area contributed by atoms with E-state index in [2.05, 4.69) is 65.9 Å². The highest BCUT2D eigenvalue weighted by Crippen LogP contribution is 2.32. The van der Waals surface area contributed by atoms with E-state index in [9.17, 15) is 77.9 Å². The number of thioether (sulfide) groups is 1. The Kier molecular flexibility index (Phi) is 32.7. The molecular formula is C62H88F2IN13O15S. The molecule has 1 aromatic heterocycles. The Morgan fingerprint density at radius 1 is 0.734 bits per heavy atom. The van der Waals surface area contributed by atoms with Gasteiger partial charge in [0.05, 0.1) is 69.6 Å². The van der Waals surface area contributed by atoms with Crippen LogP contribution in [0.2, 0.25) is 0 Å². The van der Waals surface area contributed by atoms with Crippen LogP contribution >= 0.6 is 34.4 Å². The van der Waals surface area contributed by atoms with E-state index in [0.717, 1.165) is 34.3 Å². The lowest BCUT2D eigenvalue weighted by molar-refractivity contribution is -0.141. The van der Waals surface area contributed by atoms with Crippen LogP contribution in [0.3, 0.4) is 0 Å². The SMILES string of the molecule is N#C[C@H]1CC(F)(F)CN1C(=O)CNC(=O)c1ccnc2ccc(OCCCCN3CCN(C(=O)C(O)CSCCNC(=O)C(CCOCCNC(O)CCCc4ccc(I)cc4)NC(=O)CN4CCN(CC(=O)O)CCN(CC(=O)O)CCN(CC(=O)O)CC4)CC3)cc12. The monoisotopic (exact) mass is 1450 g/mol. The molecule has 3 aliphatic rings. The van der Waals surface area contributed by atoms with E-state index in [-0.39, 0.29) is 116 Å². The number of halogens is 3. The van der Waals surface area contributed by atoms with Crippen molar-refractivity contribution in [2.24, 2.45) is 0 Å². The van der Waals surface area contributed by atoms with Crippen molar-refractivity contribution in [1.29, 1.82) is 5.26 Å². The first kappa shape index (κ1) is 76.5. The van der Waals surface area contributed by atoms with Crippen LogP contribution in [-0.4, -0.2) is 311 Å². The summed E-state index contributed by atoms with van der Waals surface area (Å²) in [4.78, 5) is 118. The second kappa shape index (κ2) is 40.1. The molecule has 6 rings (SSSR count). The number of unbranched alkanes of at least 4 members (excludes halogenated alkanes) is 1. The molecule has 518 valence electrons. The van der Waals surface area contributed by atoms with Crippen LogP contribution in [0, 0.1) is 14.9 Å². The number of ether oxygens (including phenoxy) is 2. The molecule has 3 fully saturated rings. The molecule has 4 heterocycles. The third-order valence-corrected chi connectivity index (χ3v) is 17.8. The van der Waals surface area contributed by atoms with E-state index in [4.69, 9.17) is 9.47 Å². The molecule has 0 aliphatic carbocycles. The van der Waals surface area contributed by atoms with Gasteiger partial charge in [-0.1, -0.05) is 12.1 Å². The molecule has 3 aromatic rings. The third kappa shape index (κ3) is 27.7. The summed E-state index contributed by atoms with van der Waals surface area (Å²) >= 11 is 3.52. The number of amides is 5. The van der Waals surface area contributed by atoms with Crippen LogP contribution in [0.4, 0.5) is 8.78 Å². The number of benzene rings is 2. The first-order chi connectivity index (χ1) is 45.0. The highest BCUT2D eigenvalue weighted by Gasteiger charge is 2.47. The number of hydrogen-bond donors (Lipinski definition) is 9. The average molecular weight is 1450 g/mol. The molecule has 94 heavy (non-hydrogen) atoms. The van der Waals surface area contributed by atoms with Crippen LogP contribution in [0.15, 0.2) is 54.7 Å². The number of nitriles is 1. The van der Waals surface area contributed by atoms with Gasteiger partial charge in [0.25, 0.3) is 17.7 Å². The molecule has 3 saturated heterocycles. The molecule has 3 unspecified atom stereocenters. The molecule has 5 amide bonds. The highest BCUT2D eigenvalue weighted by molar-refractivity contribution is 14.1. The Bertz CT molecular complexity index is 2980. The van der Waals surface area contributed by atoms with Gasteiger partial charge in [0.15, 0.2) is 0 Å². The van der Waals surface area contributed by atoms with Crippen molar-refractivity contribution in [3.8, 4) is 11.8 Å². The number of aliphatic carboxylic acids is 3. The number of piperazine rings is 1. The average Bonchev–Trinajstić information content (AvgIpc) is 1.22. The quantitative estimate of drug-likeness (QED) is 0.0212. The second-order valence-corrected chi connectivity index (χ2v) is 25.7. The number of aryl methyl sites for hydroxylation is 1. The van der Waals surface area contributed by atoms with Crippen molar-refractivity contribution in [1.82, 2.24) is 60.6 Å². The zero-order valence-corrected chi connectivity index (χ0v) is 55.7. The number of pyridine rings is 1. The number of likely N-dealkylation sites (tertiary alicyclic amines) is 1. The number of fused-ring (bicyclic) bond motifs is 1. The summed E-state index contributed by atoms with van der Waals surface area (Å²) in [5.74, 6) is -8.42. The Labute approximate surface area is 563 Å². The molecule has 4 atom stereocenters. The normalized spacial score (nSPS) is 18.2. The van der Waals surface area contributed by atoms with Gasteiger partial charge in [-0.25, -0.2) is 8.78 Å². The van der Waals surface area contributed by atoms with E-state index in [1.165, 1.54) is 29.6 Å². The number of carbonyl (C=O) groups is 8. The minimum atomic E-state index is -3.18. The topological polar surface area (TPSA) is 364 Å². The Morgan fingerprint density at radius 2 is 1.35 bits per heavy atom. The van der Waals surface area contributed by atoms with Crippen molar-refractivity contribution in [2.45, 2.75) is 75.3 Å². The van der Waals surface area contributed by atoms with Crippen molar-refractivity contribution >= 4 is 92.7 Å². The molecular weight excluding hydrogens is 1360 g/mol. The minimum Gasteiger partial charge on any atom is -0.494 e. The van der Waals surface area contributed by atoms with Gasteiger partial charge in [-0.15, -0.1) is 0 Å². The first-order valence-electron chi connectivity index (χ1n) is 31.5. The fourth-order valence-electron chi connectivity index (χ4n) is 11.0. The number of aromatic nitrogens is 1. The van der Waals surface area contributed by atoms with Gasteiger partial charge in [-0.05, 0) is 110 Å². The van der Waals surface area contributed by atoms with E-state index in [1.54, 1.807) is 48.8 Å². The molecule has 2 aromatic carbocycles. The fraction of sp³-hybridized carbons (Fsp3) is 0.613. The predicted molar refractivity (Wildman–Crippen MR) is 351 cm³/mol. The van der Waals surface area contributed by atoms with E-state index < -0.39 is 97.3 Å². The van der Waals surface area contributed by atoms with Gasteiger partial charge in [0.2, 0.25) is 17.7 Å². The number of aliphatic hydroxyl groups excluding tert-OH is 2. The number of carboxylic acids is 3. The summed E-state index contributed by atoms with van der Waals surface area (Å²) in [6, 6.07) is 14.1. The Balaban J connectivity index is 0.919. The molecule has 32 heteroatoms. The Morgan fingerprint density at radius 3 is 1.97 bits per heavy atom. The first-order valence-corrected chi connectivity index (χ1v) is 33.8. The second-order valence-electron chi connectivity index (χ2n) is 23.3. The lowest BCUT2D eigenvalue weighted by Crippen LogP contribution is -2.52. The summed E-state index contributed by atoms with van der Waals surface area (Å²) in [5.41, 5.74) is 1.87. The number of aliphatic hydroxyl groups is 2. The van der Waals surface area contributed by atoms with Crippen LogP contribution in [0.25, 0.3) is 10.9 Å². The van der Waals surface area contributed by atoms with Crippen molar-refractivity contribution in [3.63, 3.8) is 0 Å².